The van der Waals surface area contributed by atoms with Crippen LogP contribution in [0.2, 0.25) is 0 Å². The molecule has 0 radical (unpaired) electrons. The summed E-state index contributed by atoms with van der Waals surface area (Å²) in [5, 5.41) is 0. The number of hydrogen-bond acceptors (Lipinski definition) is 2. The van der Waals surface area contributed by atoms with E-state index in [-0.39, 0.29) is 0 Å². The Hall–Kier alpha value is -0.0800. The lowest BCUT2D eigenvalue weighted by Gasteiger charge is -2.34. The first-order valence-electron chi connectivity index (χ1n) is 13.7. The van der Waals surface area contributed by atoms with Crippen LogP contribution in [-0.2, 0) is 9.47 Å². The van der Waals surface area contributed by atoms with Gasteiger partial charge in [0.25, 0.3) is 0 Å². The molecule has 0 amide bonds. The van der Waals surface area contributed by atoms with Crippen LogP contribution in [0.25, 0.3) is 0 Å². The van der Waals surface area contributed by atoms with Gasteiger partial charge in [0, 0.05) is 0 Å². The van der Waals surface area contributed by atoms with E-state index in [0.29, 0.717) is 30.3 Å². The summed E-state index contributed by atoms with van der Waals surface area (Å²) in [5.74, 6) is 8.90. The van der Waals surface area contributed by atoms with Gasteiger partial charge in [-0.1, -0.05) is 26.7 Å². The lowest BCUT2D eigenvalue weighted by molar-refractivity contribution is -0.0669. The van der Waals surface area contributed by atoms with E-state index < -0.39 is 0 Å². The van der Waals surface area contributed by atoms with Gasteiger partial charge in [0.05, 0.1) is 24.4 Å². The summed E-state index contributed by atoms with van der Waals surface area (Å²) in [4.78, 5) is 0. The van der Waals surface area contributed by atoms with E-state index in [2.05, 4.69) is 34.6 Å². The van der Waals surface area contributed by atoms with Crippen molar-refractivity contribution in [3.63, 3.8) is 0 Å². The highest BCUT2D eigenvalue weighted by Crippen LogP contribution is 2.60. The zero-order chi connectivity index (χ0) is 21.0. The topological polar surface area (TPSA) is 18.5 Å². The number of fused-ring (bicyclic) bond motifs is 10. The molecular formula is C28H48O2. The Morgan fingerprint density at radius 1 is 0.533 bits per heavy atom. The van der Waals surface area contributed by atoms with Crippen LogP contribution < -0.4 is 0 Å². The van der Waals surface area contributed by atoms with Gasteiger partial charge in [0.1, 0.15) is 0 Å². The van der Waals surface area contributed by atoms with Gasteiger partial charge in [0.2, 0.25) is 0 Å². The second-order valence-electron chi connectivity index (χ2n) is 12.7. The molecule has 2 heteroatoms. The molecule has 0 spiro atoms. The summed E-state index contributed by atoms with van der Waals surface area (Å²) >= 11 is 0. The fraction of sp³-hybridized carbons (Fsp3) is 1.00. The van der Waals surface area contributed by atoms with Crippen LogP contribution in [-0.4, -0.2) is 24.4 Å². The standard InChI is InChI=1S/C15H26O.C13H22O/c1-9(2)10(3)16-15-8-11-7-14(15)13-6-4-5-12(11)13;1-8(2)14-13-7-9-6-12(13)11-5-3-4-10(9)11/h9-15H,4-8H2,1-3H3;8-13H,3-7H2,1-2H3/t10-,11?,12?,13?,14?,15?;/m1./s1. The molecule has 0 aromatic carbocycles. The van der Waals surface area contributed by atoms with Crippen molar-refractivity contribution >= 4 is 0 Å². The minimum Gasteiger partial charge on any atom is -0.375 e. The van der Waals surface area contributed by atoms with Gasteiger partial charge in [-0.05, 0) is 125 Å². The highest BCUT2D eigenvalue weighted by molar-refractivity contribution is 5.04. The Morgan fingerprint density at radius 3 is 1.47 bits per heavy atom. The Kier molecular flexibility index (Phi) is 6.30. The molecule has 6 rings (SSSR count). The number of rotatable bonds is 5. The third kappa shape index (κ3) is 3.91. The SMILES string of the molecule is CC(C)OC1CC2CC1C1CCCC21.CC(C)[C@@H](C)OC1CC2CC1C1CCCC21. The largest absolute Gasteiger partial charge is 0.375 e. The molecule has 0 saturated heterocycles. The lowest BCUT2D eigenvalue weighted by Crippen LogP contribution is -2.34. The molecule has 172 valence electrons. The van der Waals surface area contributed by atoms with Crippen molar-refractivity contribution in [2.45, 2.75) is 123 Å². The van der Waals surface area contributed by atoms with Crippen LogP contribution in [0, 0.1) is 53.3 Å². The highest BCUT2D eigenvalue weighted by Gasteiger charge is 2.55. The van der Waals surface area contributed by atoms with Crippen molar-refractivity contribution in [2.24, 2.45) is 53.3 Å². The smallest absolute Gasteiger partial charge is 0.0612 e. The Labute approximate surface area is 186 Å². The molecule has 11 atom stereocenters. The minimum atomic E-state index is 0.430. The monoisotopic (exact) mass is 416 g/mol. The third-order valence-electron chi connectivity index (χ3n) is 10.5. The predicted octanol–water partition coefficient (Wildman–Crippen LogP) is 7.11. The third-order valence-corrected chi connectivity index (χ3v) is 10.5. The van der Waals surface area contributed by atoms with Gasteiger partial charge >= 0.3 is 0 Å². The first-order valence-corrected chi connectivity index (χ1v) is 13.7. The van der Waals surface area contributed by atoms with Crippen LogP contribution in [0.1, 0.15) is 98.8 Å². The zero-order valence-electron chi connectivity index (χ0n) is 20.4. The summed E-state index contributed by atoms with van der Waals surface area (Å²) in [5.41, 5.74) is 0. The van der Waals surface area contributed by atoms with Gasteiger partial charge < -0.3 is 9.47 Å². The van der Waals surface area contributed by atoms with Gasteiger partial charge in [-0.15, -0.1) is 0 Å². The number of hydrogen-bond donors (Lipinski definition) is 0. The molecule has 6 saturated carbocycles. The molecule has 2 nitrogen and oxygen atoms in total. The molecule has 0 aliphatic heterocycles. The van der Waals surface area contributed by atoms with Crippen molar-refractivity contribution in [3.05, 3.63) is 0 Å². The minimum absolute atomic E-state index is 0.430. The van der Waals surface area contributed by atoms with Gasteiger partial charge in [-0.2, -0.15) is 0 Å². The van der Waals surface area contributed by atoms with Crippen molar-refractivity contribution in [2.75, 3.05) is 0 Å². The molecule has 6 aliphatic rings. The average molecular weight is 417 g/mol. The summed E-state index contributed by atoms with van der Waals surface area (Å²) in [7, 11) is 0. The molecule has 30 heavy (non-hydrogen) atoms. The normalized spacial score (nSPS) is 48.9. The fourth-order valence-electron chi connectivity index (χ4n) is 9.11. The van der Waals surface area contributed by atoms with Crippen molar-refractivity contribution in [3.8, 4) is 0 Å². The summed E-state index contributed by atoms with van der Waals surface area (Å²) in [6, 6.07) is 0. The maximum atomic E-state index is 6.31. The van der Waals surface area contributed by atoms with E-state index in [0.717, 1.165) is 47.3 Å². The van der Waals surface area contributed by atoms with Crippen LogP contribution in [0.5, 0.6) is 0 Å². The van der Waals surface area contributed by atoms with Gasteiger partial charge in [-0.25, -0.2) is 0 Å². The van der Waals surface area contributed by atoms with Crippen LogP contribution in [0.3, 0.4) is 0 Å². The predicted molar refractivity (Wildman–Crippen MR) is 123 cm³/mol. The summed E-state index contributed by atoms with van der Waals surface area (Å²) in [6.07, 6.45) is 16.9. The van der Waals surface area contributed by atoms with E-state index in [1.807, 2.05) is 0 Å². The maximum absolute atomic E-state index is 6.31. The van der Waals surface area contributed by atoms with E-state index in [1.54, 1.807) is 0 Å². The average Bonchev–Trinajstić information content (AvgIpc) is 3.46. The van der Waals surface area contributed by atoms with E-state index >= 15 is 0 Å². The Morgan fingerprint density at radius 2 is 1.00 bits per heavy atom. The second-order valence-corrected chi connectivity index (χ2v) is 12.7. The first kappa shape index (κ1) is 21.7. The second kappa shape index (κ2) is 8.69. The molecule has 0 aromatic rings. The molecular weight excluding hydrogens is 368 g/mol. The maximum Gasteiger partial charge on any atom is 0.0612 e. The summed E-state index contributed by atoms with van der Waals surface area (Å²) < 4.78 is 12.4. The summed E-state index contributed by atoms with van der Waals surface area (Å²) in [6.45, 7) is 11.2. The highest BCUT2D eigenvalue weighted by atomic mass is 16.5. The first-order chi connectivity index (χ1) is 14.4. The zero-order valence-corrected chi connectivity index (χ0v) is 20.4. The van der Waals surface area contributed by atoms with Gasteiger partial charge in [0.15, 0.2) is 0 Å². The number of ether oxygens (including phenoxy) is 2. The molecule has 0 N–H and O–H groups in total. The molecule has 0 heterocycles. The van der Waals surface area contributed by atoms with Crippen LogP contribution >= 0.6 is 0 Å². The van der Waals surface area contributed by atoms with E-state index in [4.69, 9.17) is 9.47 Å². The van der Waals surface area contributed by atoms with E-state index in [1.165, 1.54) is 64.2 Å². The lowest BCUT2D eigenvalue weighted by atomic mass is 9.80. The van der Waals surface area contributed by atoms with Crippen molar-refractivity contribution in [1.82, 2.24) is 0 Å². The van der Waals surface area contributed by atoms with Crippen LogP contribution in [0.15, 0.2) is 0 Å². The molecule has 10 unspecified atom stereocenters. The quantitative estimate of drug-likeness (QED) is 0.475. The molecule has 6 aliphatic carbocycles. The van der Waals surface area contributed by atoms with E-state index in [9.17, 15) is 0 Å². The van der Waals surface area contributed by atoms with Crippen molar-refractivity contribution in [1.29, 1.82) is 0 Å². The molecule has 0 aromatic heterocycles. The molecule has 4 bridgehead atoms. The fourth-order valence-corrected chi connectivity index (χ4v) is 9.11. The molecule has 6 fully saturated rings. The Balaban J connectivity index is 0.000000130. The van der Waals surface area contributed by atoms with Gasteiger partial charge in [-0.3, -0.25) is 0 Å². The van der Waals surface area contributed by atoms with Crippen molar-refractivity contribution < 1.29 is 9.47 Å². The Bertz CT molecular complexity index is 585. The van der Waals surface area contributed by atoms with Crippen LogP contribution in [0.4, 0.5) is 0 Å².